The average Bonchev–Trinajstić information content (AvgIpc) is 2.74. The zero-order chi connectivity index (χ0) is 22.9. The lowest BCUT2D eigenvalue weighted by atomic mass is 9.71. The highest BCUT2D eigenvalue weighted by molar-refractivity contribution is 9.10. The van der Waals surface area contributed by atoms with Gasteiger partial charge in [0.05, 0.1) is 27.4 Å². The van der Waals surface area contributed by atoms with Crippen molar-refractivity contribution in [2.75, 3.05) is 13.2 Å². The molecule has 2 aromatic carbocycles. The molecule has 1 fully saturated rings. The van der Waals surface area contributed by atoms with Crippen LogP contribution in [0.3, 0.4) is 0 Å². The van der Waals surface area contributed by atoms with Gasteiger partial charge in [-0.25, -0.2) is 0 Å². The Morgan fingerprint density at radius 2 is 2.06 bits per heavy atom. The molecule has 0 unspecified atom stereocenters. The number of hydrogen-bond donors (Lipinski definition) is 2. The molecular formula is C23H19BrClNO6. The molecule has 7 nitrogen and oxygen atoms in total. The standard InChI is InChI=1S/C23H19BrClNO6/c24-16-8-13(20-9-18(27)15-2-1-3-17(25)21(15)32-20)4-5-19(16)30-6-7-31-23(12-26)10-14(11-23)22(28)29/h1-5,8-9,12,14,26H,6-7,10-11H2,(H,28,29). The maximum atomic E-state index is 12.4. The van der Waals surface area contributed by atoms with Gasteiger partial charge >= 0.3 is 5.97 Å². The molecule has 4 rings (SSSR count). The van der Waals surface area contributed by atoms with Gasteiger partial charge < -0.3 is 24.4 Å². The lowest BCUT2D eigenvalue weighted by Gasteiger charge is -2.42. The van der Waals surface area contributed by atoms with Crippen LogP contribution in [0, 0.1) is 11.3 Å². The Kier molecular flexibility index (Phi) is 6.37. The maximum absolute atomic E-state index is 12.4. The highest BCUT2D eigenvalue weighted by Crippen LogP contribution is 2.39. The van der Waals surface area contributed by atoms with Crippen molar-refractivity contribution in [3.8, 4) is 17.1 Å². The van der Waals surface area contributed by atoms with Gasteiger partial charge in [0.2, 0.25) is 0 Å². The number of ether oxygens (including phenoxy) is 2. The third-order valence-electron chi connectivity index (χ3n) is 5.45. The van der Waals surface area contributed by atoms with E-state index in [1.165, 1.54) is 12.3 Å². The van der Waals surface area contributed by atoms with Crippen LogP contribution in [0.1, 0.15) is 12.8 Å². The molecule has 3 aromatic rings. The Morgan fingerprint density at radius 1 is 1.28 bits per heavy atom. The first-order chi connectivity index (χ1) is 15.3. The van der Waals surface area contributed by atoms with Crippen LogP contribution < -0.4 is 10.2 Å². The minimum Gasteiger partial charge on any atom is -0.490 e. The van der Waals surface area contributed by atoms with Crippen LogP contribution in [-0.4, -0.2) is 36.1 Å². The number of benzene rings is 2. The number of aliphatic carboxylic acids is 1. The molecule has 32 heavy (non-hydrogen) atoms. The molecule has 0 bridgehead atoms. The third kappa shape index (κ3) is 4.44. The fourth-order valence-electron chi connectivity index (χ4n) is 3.68. The summed E-state index contributed by atoms with van der Waals surface area (Å²) >= 11 is 9.65. The Labute approximate surface area is 196 Å². The molecule has 2 N–H and O–H groups in total. The second kappa shape index (κ2) is 9.05. The first kappa shape index (κ1) is 22.5. The number of carboxylic acid groups (broad SMARTS) is 1. The van der Waals surface area contributed by atoms with E-state index in [1.807, 2.05) is 0 Å². The van der Waals surface area contributed by atoms with E-state index in [9.17, 15) is 9.59 Å². The van der Waals surface area contributed by atoms with Gasteiger partial charge in [-0.2, -0.15) is 0 Å². The van der Waals surface area contributed by atoms with Gasteiger partial charge in [0.1, 0.15) is 23.7 Å². The summed E-state index contributed by atoms with van der Waals surface area (Å²) in [4.78, 5) is 23.4. The topological polar surface area (TPSA) is 110 Å². The van der Waals surface area contributed by atoms with Crippen molar-refractivity contribution >= 4 is 50.7 Å². The van der Waals surface area contributed by atoms with E-state index in [-0.39, 0.29) is 18.6 Å². The van der Waals surface area contributed by atoms with E-state index >= 15 is 0 Å². The van der Waals surface area contributed by atoms with Crippen LogP contribution in [0.5, 0.6) is 5.75 Å². The number of fused-ring (bicyclic) bond motifs is 1. The molecule has 0 aliphatic heterocycles. The number of rotatable bonds is 8. The molecule has 0 saturated heterocycles. The third-order valence-corrected chi connectivity index (χ3v) is 6.37. The molecule has 1 aliphatic carbocycles. The molecule has 1 aromatic heterocycles. The number of hydrogen-bond acceptors (Lipinski definition) is 6. The Morgan fingerprint density at radius 3 is 2.75 bits per heavy atom. The number of carboxylic acids is 1. The first-order valence-corrected chi connectivity index (χ1v) is 11.0. The molecule has 9 heteroatoms. The normalized spacial score (nSPS) is 20.0. The molecule has 1 aliphatic rings. The SMILES string of the molecule is N=CC1(OCCOc2ccc(-c3cc(=O)c4cccc(Cl)c4o3)cc2Br)CC(C(=O)O)C1. The van der Waals surface area contributed by atoms with E-state index in [0.29, 0.717) is 50.4 Å². The smallest absolute Gasteiger partial charge is 0.306 e. The van der Waals surface area contributed by atoms with Gasteiger partial charge in [-0.3, -0.25) is 9.59 Å². The molecule has 0 amide bonds. The Hall–Kier alpha value is -2.68. The van der Waals surface area contributed by atoms with E-state index in [1.54, 1.807) is 36.4 Å². The highest BCUT2D eigenvalue weighted by atomic mass is 79.9. The van der Waals surface area contributed by atoms with Gasteiger partial charge in [-0.15, -0.1) is 0 Å². The lowest BCUT2D eigenvalue weighted by Crippen LogP contribution is -2.50. The predicted molar refractivity (Wildman–Crippen MR) is 124 cm³/mol. The van der Waals surface area contributed by atoms with Gasteiger partial charge in [0.25, 0.3) is 0 Å². The summed E-state index contributed by atoms with van der Waals surface area (Å²) in [6.45, 7) is 0.444. The van der Waals surface area contributed by atoms with Gasteiger partial charge in [-0.05, 0) is 59.1 Å². The average molecular weight is 521 g/mol. The number of para-hydroxylation sites is 1. The molecular weight excluding hydrogens is 502 g/mol. The molecule has 166 valence electrons. The van der Waals surface area contributed by atoms with Crippen molar-refractivity contribution in [3.63, 3.8) is 0 Å². The van der Waals surface area contributed by atoms with Gasteiger partial charge in [-0.1, -0.05) is 17.7 Å². The Bertz CT molecular complexity index is 1250. The predicted octanol–water partition coefficient (Wildman–Crippen LogP) is 5.15. The summed E-state index contributed by atoms with van der Waals surface area (Å²) < 4.78 is 18.0. The minimum absolute atomic E-state index is 0.182. The maximum Gasteiger partial charge on any atom is 0.306 e. The van der Waals surface area contributed by atoms with Crippen LogP contribution in [0.25, 0.3) is 22.3 Å². The van der Waals surface area contributed by atoms with Crippen molar-refractivity contribution in [2.45, 2.75) is 18.4 Å². The first-order valence-electron chi connectivity index (χ1n) is 9.85. The van der Waals surface area contributed by atoms with E-state index in [2.05, 4.69) is 15.9 Å². The van der Waals surface area contributed by atoms with Crippen molar-refractivity contribution in [3.05, 3.63) is 62.2 Å². The van der Waals surface area contributed by atoms with Crippen molar-refractivity contribution in [1.82, 2.24) is 0 Å². The fourth-order valence-corrected chi connectivity index (χ4v) is 4.39. The van der Waals surface area contributed by atoms with Crippen LogP contribution in [0.4, 0.5) is 0 Å². The van der Waals surface area contributed by atoms with Gasteiger partial charge in [0, 0.05) is 17.8 Å². The summed E-state index contributed by atoms with van der Waals surface area (Å²) in [5.41, 5.74) is 0.0176. The molecule has 1 heterocycles. The highest BCUT2D eigenvalue weighted by Gasteiger charge is 2.47. The lowest BCUT2D eigenvalue weighted by molar-refractivity contribution is -0.156. The largest absolute Gasteiger partial charge is 0.490 e. The monoisotopic (exact) mass is 519 g/mol. The summed E-state index contributed by atoms with van der Waals surface area (Å²) in [5.74, 6) is -0.378. The van der Waals surface area contributed by atoms with Crippen molar-refractivity contribution in [1.29, 1.82) is 5.41 Å². The second-order valence-electron chi connectivity index (χ2n) is 7.59. The number of carbonyl (C=O) groups is 1. The van der Waals surface area contributed by atoms with Gasteiger partial charge in [0.15, 0.2) is 11.0 Å². The molecule has 1 saturated carbocycles. The minimum atomic E-state index is -0.865. The van der Waals surface area contributed by atoms with Crippen LogP contribution >= 0.6 is 27.5 Å². The fraction of sp³-hybridized carbons (Fsp3) is 0.261. The zero-order valence-electron chi connectivity index (χ0n) is 16.8. The summed E-state index contributed by atoms with van der Waals surface area (Å²) in [7, 11) is 0. The summed E-state index contributed by atoms with van der Waals surface area (Å²) in [6, 6.07) is 11.7. The van der Waals surface area contributed by atoms with Crippen molar-refractivity contribution in [2.24, 2.45) is 5.92 Å². The zero-order valence-corrected chi connectivity index (χ0v) is 19.1. The molecule has 0 spiro atoms. The Balaban J connectivity index is 1.41. The number of nitrogens with one attached hydrogen (secondary N) is 1. The van der Waals surface area contributed by atoms with Crippen LogP contribution in [-0.2, 0) is 9.53 Å². The van der Waals surface area contributed by atoms with E-state index < -0.39 is 17.5 Å². The van der Waals surface area contributed by atoms with Crippen molar-refractivity contribution < 1.29 is 23.8 Å². The summed E-state index contributed by atoms with van der Waals surface area (Å²) in [5, 5.41) is 17.3. The second-order valence-corrected chi connectivity index (χ2v) is 8.85. The van der Waals surface area contributed by atoms with E-state index in [0.717, 1.165) is 0 Å². The number of halogens is 2. The molecule has 0 radical (unpaired) electrons. The van der Waals surface area contributed by atoms with Crippen LogP contribution in [0.15, 0.2) is 56.1 Å². The summed E-state index contributed by atoms with van der Waals surface area (Å²) in [6.07, 6.45) is 1.76. The quantitative estimate of drug-likeness (QED) is 0.314. The molecule has 0 atom stereocenters. The van der Waals surface area contributed by atoms with Crippen LogP contribution in [0.2, 0.25) is 5.02 Å². The van der Waals surface area contributed by atoms with E-state index in [4.69, 9.17) is 36.0 Å².